The summed E-state index contributed by atoms with van der Waals surface area (Å²) >= 11 is 1.35. The van der Waals surface area contributed by atoms with E-state index in [0.717, 1.165) is 23.1 Å². The Morgan fingerprint density at radius 3 is 2.82 bits per heavy atom. The predicted molar refractivity (Wildman–Crippen MR) is 68.5 cm³/mol. The van der Waals surface area contributed by atoms with Crippen LogP contribution in [-0.2, 0) is 6.42 Å². The summed E-state index contributed by atoms with van der Waals surface area (Å²) in [4.78, 5) is 6.30. The predicted octanol–water partition coefficient (Wildman–Crippen LogP) is 2.74. The summed E-state index contributed by atoms with van der Waals surface area (Å²) in [7, 11) is 1.90. The molecular formula is C12H12N4S. The highest BCUT2D eigenvalue weighted by molar-refractivity contribution is 7.09. The molecule has 0 fully saturated rings. The number of rotatable bonds is 3. The van der Waals surface area contributed by atoms with Crippen LogP contribution in [0.1, 0.15) is 18.3 Å². The number of anilines is 2. The summed E-state index contributed by atoms with van der Waals surface area (Å²) < 4.78 is 4.24. The number of hydrogen-bond acceptors (Lipinski definition) is 5. The van der Waals surface area contributed by atoms with E-state index in [2.05, 4.69) is 15.4 Å². The van der Waals surface area contributed by atoms with Crippen molar-refractivity contribution in [3.05, 3.63) is 35.7 Å². The Labute approximate surface area is 104 Å². The molecule has 2 aromatic rings. The molecule has 0 saturated heterocycles. The first-order valence-corrected chi connectivity index (χ1v) is 6.09. The molecule has 1 aromatic heterocycles. The second-order valence-electron chi connectivity index (χ2n) is 3.53. The fourth-order valence-corrected chi connectivity index (χ4v) is 2.21. The summed E-state index contributed by atoms with van der Waals surface area (Å²) in [6.07, 6.45) is 0.824. The lowest BCUT2D eigenvalue weighted by molar-refractivity contribution is 0.988. The SMILES string of the molecule is CCc1nsc(N(C)c2ccccc2C#N)n1. The molecule has 0 radical (unpaired) electrons. The lowest BCUT2D eigenvalue weighted by Crippen LogP contribution is -2.10. The van der Waals surface area contributed by atoms with E-state index in [1.807, 2.05) is 37.1 Å². The zero-order chi connectivity index (χ0) is 12.3. The topological polar surface area (TPSA) is 52.8 Å². The van der Waals surface area contributed by atoms with Gasteiger partial charge in [-0.25, -0.2) is 4.98 Å². The van der Waals surface area contributed by atoms with Gasteiger partial charge in [-0.3, -0.25) is 0 Å². The molecule has 86 valence electrons. The smallest absolute Gasteiger partial charge is 0.209 e. The van der Waals surface area contributed by atoms with Crippen LogP contribution in [0, 0.1) is 11.3 Å². The molecule has 4 nitrogen and oxygen atoms in total. The van der Waals surface area contributed by atoms with Gasteiger partial charge in [0.2, 0.25) is 5.13 Å². The van der Waals surface area contributed by atoms with E-state index in [0.29, 0.717) is 5.56 Å². The number of aromatic nitrogens is 2. The molecule has 1 aromatic carbocycles. The standard InChI is InChI=1S/C12H12N4S/c1-3-11-14-12(17-15-11)16(2)10-7-5-4-6-9(10)8-13/h4-7H,3H2,1-2H3. The third-order valence-corrected chi connectivity index (χ3v) is 3.28. The molecule has 17 heavy (non-hydrogen) atoms. The monoisotopic (exact) mass is 244 g/mol. The molecule has 1 heterocycles. The lowest BCUT2D eigenvalue weighted by atomic mass is 10.2. The number of aryl methyl sites for hydroxylation is 1. The first-order chi connectivity index (χ1) is 8.26. The lowest BCUT2D eigenvalue weighted by Gasteiger charge is -2.16. The Hall–Kier alpha value is -1.93. The molecule has 0 N–H and O–H groups in total. The van der Waals surface area contributed by atoms with Crippen LogP contribution in [-0.4, -0.2) is 16.4 Å². The van der Waals surface area contributed by atoms with Crippen molar-refractivity contribution in [3.8, 4) is 6.07 Å². The molecule has 2 rings (SSSR count). The highest BCUT2D eigenvalue weighted by atomic mass is 32.1. The van der Waals surface area contributed by atoms with E-state index >= 15 is 0 Å². The molecule has 0 spiro atoms. The van der Waals surface area contributed by atoms with Gasteiger partial charge in [-0.1, -0.05) is 19.1 Å². The third kappa shape index (κ3) is 2.27. The van der Waals surface area contributed by atoms with Gasteiger partial charge in [-0.05, 0) is 12.1 Å². The number of nitrogens with zero attached hydrogens (tertiary/aromatic N) is 4. The molecule has 0 bridgehead atoms. The molecular weight excluding hydrogens is 232 g/mol. The number of para-hydroxylation sites is 1. The molecule has 0 atom stereocenters. The van der Waals surface area contributed by atoms with Gasteiger partial charge in [0.05, 0.1) is 11.3 Å². The first kappa shape index (κ1) is 11.6. The van der Waals surface area contributed by atoms with E-state index in [-0.39, 0.29) is 0 Å². The summed E-state index contributed by atoms with van der Waals surface area (Å²) in [6, 6.07) is 9.66. The zero-order valence-electron chi connectivity index (χ0n) is 9.71. The van der Waals surface area contributed by atoms with Crippen molar-refractivity contribution in [2.75, 3.05) is 11.9 Å². The van der Waals surface area contributed by atoms with Gasteiger partial charge in [0.25, 0.3) is 0 Å². The average molecular weight is 244 g/mol. The van der Waals surface area contributed by atoms with Crippen LogP contribution < -0.4 is 4.90 Å². The maximum absolute atomic E-state index is 9.06. The van der Waals surface area contributed by atoms with Crippen molar-refractivity contribution in [1.29, 1.82) is 5.26 Å². The van der Waals surface area contributed by atoms with Gasteiger partial charge in [0.1, 0.15) is 11.9 Å². The summed E-state index contributed by atoms with van der Waals surface area (Å²) in [5.74, 6) is 0.839. The van der Waals surface area contributed by atoms with Gasteiger partial charge in [0, 0.05) is 25.0 Å². The van der Waals surface area contributed by atoms with E-state index in [1.165, 1.54) is 11.5 Å². The molecule has 0 aliphatic heterocycles. The van der Waals surface area contributed by atoms with Crippen LogP contribution in [0.2, 0.25) is 0 Å². The number of benzene rings is 1. The van der Waals surface area contributed by atoms with Gasteiger partial charge >= 0.3 is 0 Å². The Balaban J connectivity index is 2.37. The van der Waals surface area contributed by atoms with Crippen LogP contribution in [0.15, 0.2) is 24.3 Å². The van der Waals surface area contributed by atoms with E-state index in [9.17, 15) is 0 Å². The fraction of sp³-hybridized carbons (Fsp3) is 0.250. The minimum atomic E-state index is 0.642. The van der Waals surface area contributed by atoms with Crippen molar-refractivity contribution >= 4 is 22.4 Å². The normalized spacial score (nSPS) is 9.94. The molecule has 0 aliphatic rings. The first-order valence-electron chi connectivity index (χ1n) is 5.31. The van der Waals surface area contributed by atoms with Gasteiger partial charge in [0.15, 0.2) is 0 Å². The highest BCUT2D eigenvalue weighted by Gasteiger charge is 2.12. The largest absolute Gasteiger partial charge is 0.318 e. The van der Waals surface area contributed by atoms with Crippen LogP contribution in [0.3, 0.4) is 0 Å². The summed E-state index contributed by atoms with van der Waals surface area (Å²) in [5.41, 5.74) is 1.50. The Kier molecular flexibility index (Phi) is 3.35. The quantitative estimate of drug-likeness (QED) is 0.833. The van der Waals surface area contributed by atoms with Crippen molar-refractivity contribution < 1.29 is 0 Å². The van der Waals surface area contributed by atoms with Crippen LogP contribution in [0.4, 0.5) is 10.8 Å². The molecule has 0 unspecified atom stereocenters. The number of nitriles is 1. The van der Waals surface area contributed by atoms with E-state index in [4.69, 9.17) is 5.26 Å². The van der Waals surface area contributed by atoms with Crippen LogP contribution >= 0.6 is 11.5 Å². The van der Waals surface area contributed by atoms with Crippen molar-refractivity contribution in [3.63, 3.8) is 0 Å². The Morgan fingerprint density at radius 2 is 2.18 bits per heavy atom. The van der Waals surface area contributed by atoms with E-state index < -0.39 is 0 Å². The minimum absolute atomic E-state index is 0.642. The van der Waals surface area contributed by atoms with Gasteiger partial charge < -0.3 is 4.90 Å². The summed E-state index contributed by atoms with van der Waals surface area (Å²) in [6.45, 7) is 2.02. The molecule has 0 saturated carbocycles. The second-order valence-corrected chi connectivity index (χ2v) is 4.26. The molecule has 0 amide bonds. The minimum Gasteiger partial charge on any atom is -0.318 e. The Bertz CT molecular complexity index is 556. The van der Waals surface area contributed by atoms with Crippen LogP contribution in [0.5, 0.6) is 0 Å². The second kappa shape index (κ2) is 4.93. The fourth-order valence-electron chi connectivity index (χ4n) is 1.49. The highest BCUT2D eigenvalue weighted by Crippen LogP contribution is 2.27. The van der Waals surface area contributed by atoms with Gasteiger partial charge in [-0.2, -0.15) is 9.64 Å². The van der Waals surface area contributed by atoms with Gasteiger partial charge in [-0.15, -0.1) is 0 Å². The maximum atomic E-state index is 9.06. The maximum Gasteiger partial charge on any atom is 0.209 e. The van der Waals surface area contributed by atoms with Crippen molar-refractivity contribution in [2.45, 2.75) is 13.3 Å². The Morgan fingerprint density at radius 1 is 1.41 bits per heavy atom. The van der Waals surface area contributed by atoms with Crippen LogP contribution in [0.25, 0.3) is 0 Å². The molecule has 0 aliphatic carbocycles. The van der Waals surface area contributed by atoms with Crippen molar-refractivity contribution in [2.24, 2.45) is 0 Å². The van der Waals surface area contributed by atoms with E-state index in [1.54, 1.807) is 6.07 Å². The van der Waals surface area contributed by atoms with Crippen molar-refractivity contribution in [1.82, 2.24) is 9.36 Å². The number of hydrogen-bond donors (Lipinski definition) is 0. The third-order valence-electron chi connectivity index (χ3n) is 2.45. The average Bonchev–Trinajstić information content (AvgIpc) is 2.86. The molecule has 5 heteroatoms. The summed E-state index contributed by atoms with van der Waals surface area (Å²) in [5, 5.41) is 9.87. The zero-order valence-corrected chi connectivity index (χ0v) is 10.5.